The molecule has 43 heavy (non-hydrogen) atoms. The molecule has 2 saturated carbocycles. The lowest BCUT2D eigenvalue weighted by Crippen LogP contribution is -2.47. The third kappa shape index (κ3) is 8.97. The molecule has 2 fully saturated rings. The van der Waals surface area contributed by atoms with Gasteiger partial charge in [-0.2, -0.15) is 5.10 Å². The molecule has 2 N–H and O–H groups in total. The summed E-state index contributed by atoms with van der Waals surface area (Å²) in [6.45, 7) is 24.3. The summed E-state index contributed by atoms with van der Waals surface area (Å²) < 4.78 is 20.3. The fourth-order valence-corrected chi connectivity index (χ4v) is 6.89. The summed E-state index contributed by atoms with van der Waals surface area (Å²) in [6, 6.07) is 6.23. The Bertz CT molecular complexity index is 1250. The molecule has 0 saturated heterocycles. The summed E-state index contributed by atoms with van der Waals surface area (Å²) >= 11 is 0. The number of nitrogens with one attached hydrogen (secondary N) is 2. The molecule has 4 rings (SSSR count). The molecule has 0 spiro atoms. The Labute approximate surface area is 260 Å². The number of carbonyl (C=O) groups is 1. The van der Waals surface area contributed by atoms with Gasteiger partial charge in [0.2, 0.25) is 5.88 Å². The molecule has 2 aliphatic carbocycles. The van der Waals surface area contributed by atoms with Crippen LogP contribution in [0.1, 0.15) is 106 Å². The highest BCUT2D eigenvalue weighted by Gasteiger charge is 2.41. The van der Waals surface area contributed by atoms with Gasteiger partial charge in [-0.15, -0.1) is 0 Å². The molecule has 2 atom stereocenters. The lowest BCUT2D eigenvalue weighted by atomic mass is 9.81. The van der Waals surface area contributed by atoms with E-state index < -0.39 is 13.9 Å². The van der Waals surface area contributed by atoms with Crippen molar-refractivity contribution in [3.63, 3.8) is 0 Å². The molecule has 2 aliphatic rings. The molecule has 1 amide bonds. The van der Waals surface area contributed by atoms with E-state index in [0.717, 1.165) is 49.3 Å². The summed E-state index contributed by atoms with van der Waals surface area (Å²) in [6.07, 6.45) is 6.67. The van der Waals surface area contributed by atoms with E-state index in [0.29, 0.717) is 30.4 Å². The number of amides is 1. The maximum atomic E-state index is 12.0. The minimum absolute atomic E-state index is 0.130. The number of pyridine rings is 1. The highest BCUT2D eigenvalue weighted by atomic mass is 28.4. The molecule has 0 bridgehead atoms. The second-order valence-corrected chi connectivity index (χ2v) is 20.8. The van der Waals surface area contributed by atoms with Crippen molar-refractivity contribution in [2.24, 2.45) is 5.92 Å². The Balaban J connectivity index is 1.34. The highest BCUT2D eigenvalue weighted by Crippen LogP contribution is 2.43. The third-order valence-electron chi connectivity index (χ3n) is 8.86. The van der Waals surface area contributed by atoms with Crippen LogP contribution in [0.4, 0.5) is 16.3 Å². The van der Waals surface area contributed by atoms with Gasteiger partial charge in [0.15, 0.2) is 8.32 Å². The predicted octanol–water partition coefficient (Wildman–Crippen LogP) is 8.12. The van der Waals surface area contributed by atoms with Crippen molar-refractivity contribution in [3.05, 3.63) is 30.1 Å². The number of hydrogen-bond donors (Lipinski definition) is 2. The van der Waals surface area contributed by atoms with Gasteiger partial charge < -0.3 is 24.5 Å². The van der Waals surface area contributed by atoms with Gasteiger partial charge in [0.25, 0.3) is 0 Å². The van der Waals surface area contributed by atoms with E-state index in [1.54, 1.807) is 6.20 Å². The van der Waals surface area contributed by atoms with Gasteiger partial charge in [0.05, 0.1) is 17.8 Å². The zero-order chi connectivity index (χ0) is 31.8. The molecular formula is C33H55N5O4Si. The van der Waals surface area contributed by atoms with E-state index in [-0.39, 0.29) is 22.7 Å². The van der Waals surface area contributed by atoms with E-state index >= 15 is 0 Å². The van der Waals surface area contributed by atoms with Crippen LogP contribution in [0, 0.1) is 5.92 Å². The summed E-state index contributed by atoms with van der Waals surface area (Å²) in [5.74, 6) is 2.31. The van der Waals surface area contributed by atoms with E-state index in [4.69, 9.17) is 19.0 Å². The van der Waals surface area contributed by atoms with Crippen LogP contribution in [0.15, 0.2) is 24.4 Å². The van der Waals surface area contributed by atoms with Crippen molar-refractivity contribution in [2.75, 3.05) is 11.9 Å². The Morgan fingerprint density at radius 2 is 1.72 bits per heavy atom. The van der Waals surface area contributed by atoms with Crippen LogP contribution in [0.5, 0.6) is 5.88 Å². The van der Waals surface area contributed by atoms with Gasteiger partial charge in [-0.1, -0.05) is 20.8 Å². The molecule has 2 aromatic rings. The molecule has 10 heteroatoms. The largest absolute Gasteiger partial charge is 0.477 e. The van der Waals surface area contributed by atoms with Crippen LogP contribution in [0.3, 0.4) is 0 Å². The second kappa shape index (κ2) is 12.4. The molecule has 0 unspecified atom stereocenters. The zero-order valence-electron chi connectivity index (χ0n) is 28.3. The number of hydrogen-bond acceptors (Lipinski definition) is 7. The number of aromatic nitrogens is 3. The minimum Gasteiger partial charge on any atom is -0.477 e. The molecule has 9 nitrogen and oxygen atoms in total. The van der Waals surface area contributed by atoms with E-state index in [9.17, 15) is 4.79 Å². The lowest BCUT2D eigenvalue weighted by Gasteiger charge is -2.38. The Morgan fingerprint density at radius 1 is 1.02 bits per heavy atom. The van der Waals surface area contributed by atoms with Crippen molar-refractivity contribution in [1.29, 1.82) is 0 Å². The van der Waals surface area contributed by atoms with Gasteiger partial charge in [0, 0.05) is 42.1 Å². The molecule has 240 valence electrons. The van der Waals surface area contributed by atoms with Crippen LogP contribution < -0.4 is 15.4 Å². The van der Waals surface area contributed by atoms with E-state index in [1.165, 1.54) is 0 Å². The Hall–Kier alpha value is -2.59. The average Bonchev–Trinajstić information content (AvgIpc) is 3.45. The molecular weight excluding hydrogens is 558 g/mol. The average molecular weight is 614 g/mol. The zero-order valence-corrected chi connectivity index (χ0v) is 29.3. The molecule has 2 aromatic heterocycles. The van der Waals surface area contributed by atoms with Crippen molar-refractivity contribution in [1.82, 2.24) is 20.1 Å². The van der Waals surface area contributed by atoms with Gasteiger partial charge in [0.1, 0.15) is 11.4 Å². The number of alkyl carbamates (subject to hydrolysis) is 1. The predicted molar refractivity (Wildman–Crippen MR) is 175 cm³/mol. The summed E-state index contributed by atoms with van der Waals surface area (Å²) in [7, 11) is -1.80. The van der Waals surface area contributed by atoms with Crippen LogP contribution in [0.25, 0.3) is 0 Å². The summed E-state index contributed by atoms with van der Waals surface area (Å²) in [5, 5.41) is 11.9. The fraction of sp³-hybridized carbons (Fsp3) is 0.727. The van der Waals surface area contributed by atoms with Gasteiger partial charge in [-0.25, -0.2) is 14.5 Å². The van der Waals surface area contributed by atoms with Gasteiger partial charge in [-0.05, 0) is 104 Å². The molecule has 0 radical (unpaired) electrons. The minimum atomic E-state index is -1.80. The van der Waals surface area contributed by atoms with Crippen molar-refractivity contribution < 1.29 is 18.7 Å². The first-order chi connectivity index (χ1) is 19.8. The smallest absolute Gasteiger partial charge is 0.407 e. The normalized spacial score (nSPS) is 23.0. The Kier molecular flexibility index (Phi) is 9.62. The summed E-state index contributed by atoms with van der Waals surface area (Å²) in [5.41, 5.74) is 1.36. The quantitative estimate of drug-likeness (QED) is 0.276. The topological polar surface area (TPSA) is 99.5 Å². The number of carbonyl (C=O) groups excluding carboxylic acids is 1. The van der Waals surface area contributed by atoms with Crippen molar-refractivity contribution in [2.45, 2.75) is 142 Å². The summed E-state index contributed by atoms with van der Waals surface area (Å²) in [4.78, 5) is 16.4. The number of nitrogens with zero attached hydrogens (tertiary/aromatic N) is 3. The Morgan fingerprint density at radius 3 is 2.35 bits per heavy atom. The van der Waals surface area contributed by atoms with Crippen LogP contribution in [0.2, 0.25) is 18.1 Å². The van der Waals surface area contributed by atoms with E-state index in [2.05, 4.69) is 81.0 Å². The van der Waals surface area contributed by atoms with E-state index in [1.807, 2.05) is 32.9 Å². The van der Waals surface area contributed by atoms with Gasteiger partial charge in [-0.3, -0.25) is 0 Å². The first-order valence-electron chi connectivity index (χ1n) is 15.9. The first-order valence-corrected chi connectivity index (χ1v) is 18.8. The number of anilines is 2. The standard InChI is InChI=1S/C33H55N5O4Si/c1-31(2,3)38-28(20-27(37-38)23-12-13-26(18-23)42-43(10,11)33(7,8)9)35-24-14-15-34-29(19-24)40-21-22-16-25(17-22)36-30(39)41-32(4,5)6/h14-15,19-20,22-23,25-26H,12-13,16-18,21H2,1-11H3,(H,34,35)(H,36,39)/t22?,23-,25?,26+/m0/s1. The van der Waals surface area contributed by atoms with Crippen LogP contribution in [-0.2, 0) is 14.7 Å². The van der Waals surface area contributed by atoms with Crippen molar-refractivity contribution >= 4 is 25.9 Å². The lowest BCUT2D eigenvalue weighted by molar-refractivity contribution is 0.0427. The van der Waals surface area contributed by atoms with Crippen LogP contribution >= 0.6 is 0 Å². The fourth-order valence-electron chi connectivity index (χ4n) is 5.49. The monoisotopic (exact) mass is 613 g/mol. The number of ether oxygens (including phenoxy) is 2. The van der Waals surface area contributed by atoms with Crippen LogP contribution in [-0.4, -0.2) is 53.5 Å². The van der Waals surface area contributed by atoms with Crippen molar-refractivity contribution in [3.8, 4) is 5.88 Å². The molecule has 0 aromatic carbocycles. The van der Waals surface area contributed by atoms with Gasteiger partial charge >= 0.3 is 6.09 Å². The SMILES string of the molecule is CC(C)(C)OC(=O)NC1CC(COc2cc(Nc3cc([C@H]4CC[C@@H](O[Si](C)(C)C(C)(C)C)C4)nn3C(C)(C)C)ccn2)C1. The maximum Gasteiger partial charge on any atom is 0.407 e. The highest BCUT2D eigenvalue weighted by molar-refractivity contribution is 6.74. The maximum absolute atomic E-state index is 12.0. The molecule has 0 aliphatic heterocycles. The number of rotatable bonds is 9. The third-order valence-corrected chi connectivity index (χ3v) is 13.4. The first kappa shape index (κ1) is 33.3. The molecule has 2 heterocycles. The second-order valence-electron chi connectivity index (χ2n) is 16.0.